The number of benzene rings is 1. The smallest absolute Gasteiger partial charge is 0.238 e. The fraction of sp³-hybridized carbons (Fsp3) is 0.522. The van der Waals surface area contributed by atoms with Gasteiger partial charge in [-0.3, -0.25) is 14.4 Å². The van der Waals surface area contributed by atoms with E-state index in [1.807, 2.05) is 57.2 Å². The molecule has 10 heteroatoms. The SMILES string of the molecule is CCN1C(=O)C(CCNc2cccc(NC(=O)C(C)C)c2)SC1CC(C#N)C(=O)NCC#N. The van der Waals surface area contributed by atoms with E-state index in [9.17, 15) is 19.6 Å². The van der Waals surface area contributed by atoms with Crippen LogP contribution in [0.4, 0.5) is 11.4 Å². The molecule has 3 unspecified atom stereocenters. The Morgan fingerprint density at radius 2 is 1.94 bits per heavy atom. The van der Waals surface area contributed by atoms with Gasteiger partial charge in [-0.05, 0) is 31.5 Å². The van der Waals surface area contributed by atoms with Gasteiger partial charge in [0.25, 0.3) is 0 Å². The molecule has 0 aromatic heterocycles. The predicted molar refractivity (Wildman–Crippen MR) is 128 cm³/mol. The third-order valence-corrected chi connectivity index (χ3v) is 6.74. The van der Waals surface area contributed by atoms with E-state index in [1.54, 1.807) is 4.90 Å². The van der Waals surface area contributed by atoms with E-state index in [0.29, 0.717) is 25.2 Å². The van der Waals surface area contributed by atoms with E-state index < -0.39 is 11.8 Å². The second kappa shape index (κ2) is 12.7. The molecule has 3 amide bonds. The molecule has 33 heavy (non-hydrogen) atoms. The van der Waals surface area contributed by atoms with Crippen molar-refractivity contribution in [1.82, 2.24) is 10.2 Å². The molecule has 1 saturated heterocycles. The van der Waals surface area contributed by atoms with Crippen molar-refractivity contribution < 1.29 is 14.4 Å². The molecule has 3 N–H and O–H groups in total. The van der Waals surface area contributed by atoms with Crippen LogP contribution in [-0.2, 0) is 14.4 Å². The minimum atomic E-state index is -0.918. The topological polar surface area (TPSA) is 138 Å². The molecule has 1 aromatic carbocycles. The standard InChI is InChI=1S/C23H30N6O3S/c1-4-29-20(12-16(14-25)22(31)27-11-9-24)33-19(23(29)32)8-10-26-17-6-5-7-18(13-17)28-21(30)15(2)3/h5-7,13,15-16,19-20,26H,4,8,10-12H2,1-3H3,(H,27,31)(H,28,30). The summed E-state index contributed by atoms with van der Waals surface area (Å²) in [7, 11) is 0. The van der Waals surface area contributed by atoms with Crippen molar-refractivity contribution in [3.63, 3.8) is 0 Å². The number of thioether (sulfide) groups is 1. The lowest BCUT2D eigenvalue weighted by atomic mass is 10.1. The number of nitrogens with zero attached hydrogens (tertiary/aromatic N) is 3. The van der Waals surface area contributed by atoms with Gasteiger partial charge in [0, 0.05) is 36.8 Å². The van der Waals surface area contributed by atoms with E-state index in [4.69, 9.17) is 5.26 Å². The summed E-state index contributed by atoms with van der Waals surface area (Å²) in [5, 5.41) is 26.0. The first-order chi connectivity index (χ1) is 15.8. The zero-order valence-corrected chi connectivity index (χ0v) is 19.9. The highest BCUT2D eigenvalue weighted by atomic mass is 32.2. The number of nitrogens with one attached hydrogen (secondary N) is 3. The molecule has 0 aliphatic carbocycles. The molecule has 1 heterocycles. The maximum atomic E-state index is 12.8. The fourth-order valence-corrected chi connectivity index (χ4v) is 4.98. The quantitative estimate of drug-likeness (QED) is 0.422. The van der Waals surface area contributed by atoms with Crippen LogP contribution in [0.3, 0.4) is 0 Å². The summed E-state index contributed by atoms with van der Waals surface area (Å²) in [6.07, 6.45) is 0.802. The van der Waals surface area contributed by atoms with Crippen molar-refractivity contribution in [2.24, 2.45) is 11.8 Å². The number of nitriles is 2. The molecule has 176 valence electrons. The van der Waals surface area contributed by atoms with Gasteiger partial charge >= 0.3 is 0 Å². The Morgan fingerprint density at radius 3 is 2.58 bits per heavy atom. The van der Waals surface area contributed by atoms with Crippen LogP contribution < -0.4 is 16.0 Å². The van der Waals surface area contributed by atoms with Crippen LogP contribution in [0.1, 0.15) is 33.6 Å². The second-order valence-electron chi connectivity index (χ2n) is 7.94. The summed E-state index contributed by atoms with van der Waals surface area (Å²) in [5.74, 6) is -1.57. The Labute approximate surface area is 198 Å². The highest BCUT2D eigenvalue weighted by Gasteiger charge is 2.40. The van der Waals surface area contributed by atoms with E-state index in [-0.39, 0.29) is 41.3 Å². The molecule has 0 saturated carbocycles. The van der Waals surface area contributed by atoms with Crippen molar-refractivity contribution in [3.05, 3.63) is 24.3 Å². The first-order valence-electron chi connectivity index (χ1n) is 11.0. The summed E-state index contributed by atoms with van der Waals surface area (Å²) in [6, 6.07) is 11.2. The second-order valence-corrected chi connectivity index (χ2v) is 9.32. The van der Waals surface area contributed by atoms with Gasteiger partial charge in [0.1, 0.15) is 12.5 Å². The highest BCUT2D eigenvalue weighted by Crippen LogP contribution is 2.37. The molecule has 0 spiro atoms. The number of rotatable bonds is 11. The molecule has 1 fully saturated rings. The van der Waals surface area contributed by atoms with Crippen molar-refractivity contribution in [1.29, 1.82) is 10.5 Å². The van der Waals surface area contributed by atoms with Gasteiger partial charge in [0.05, 0.1) is 22.8 Å². The van der Waals surface area contributed by atoms with Crippen LogP contribution in [0, 0.1) is 34.5 Å². The Balaban J connectivity index is 1.92. The minimum absolute atomic E-state index is 0.00127. The molecule has 1 aromatic rings. The molecule has 0 bridgehead atoms. The average molecular weight is 471 g/mol. The average Bonchev–Trinajstić information content (AvgIpc) is 3.09. The van der Waals surface area contributed by atoms with Crippen LogP contribution >= 0.6 is 11.8 Å². The summed E-state index contributed by atoms with van der Waals surface area (Å²) in [6.45, 7) is 6.44. The fourth-order valence-electron chi connectivity index (χ4n) is 3.39. The van der Waals surface area contributed by atoms with Crippen molar-refractivity contribution in [2.45, 2.75) is 44.2 Å². The molecule has 2 rings (SSSR count). The van der Waals surface area contributed by atoms with E-state index >= 15 is 0 Å². The maximum absolute atomic E-state index is 12.8. The number of carbonyl (C=O) groups is 3. The van der Waals surface area contributed by atoms with Gasteiger partial charge in [-0.2, -0.15) is 10.5 Å². The van der Waals surface area contributed by atoms with Crippen molar-refractivity contribution >= 4 is 40.9 Å². The van der Waals surface area contributed by atoms with Crippen LogP contribution in [0.2, 0.25) is 0 Å². The van der Waals surface area contributed by atoms with Crippen molar-refractivity contribution in [3.8, 4) is 12.1 Å². The first-order valence-corrected chi connectivity index (χ1v) is 11.9. The number of hydrogen-bond donors (Lipinski definition) is 3. The number of anilines is 2. The zero-order valence-electron chi connectivity index (χ0n) is 19.1. The molecular formula is C23H30N6O3S. The van der Waals surface area contributed by atoms with E-state index in [0.717, 1.165) is 5.69 Å². The Morgan fingerprint density at radius 1 is 1.21 bits per heavy atom. The third kappa shape index (κ3) is 7.40. The Hall–Kier alpha value is -3.24. The lowest BCUT2D eigenvalue weighted by molar-refractivity contribution is -0.131. The molecule has 1 aliphatic rings. The largest absolute Gasteiger partial charge is 0.385 e. The molecule has 9 nitrogen and oxygen atoms in total. The summed E-state index contributed by atoms with van der Waals surface area (Å²) in [4.78, 5) is 38.6. The maximum Gasteiger partial charge on any atom is 0.238 e. The summed E-state index contributed by atoms with van der Waals surface area (Å²) >= 11 is 1.47. The van der Waals surface area contributed by atoms with Crippen LogP contribution in [0.25, 0.3) is 0 Å². The van der Waals surface area contributed by atoms with Crippen LogP contribution in [-0.4, -0.2) is 52.9 Å². The minimum Gasteiger partial charge on any atom is -0.385 e. The lowest BCUT2D eigenvalue weighted by Gasteiger charge is -2.23. The van der Waals surface area contributed by atoms with Gasteiger partial charge in [-0.1, -0.05) is 19.9 Å². The van der Waals surface area contributed by atoms with Crippen molar-refractivity contribution in [2.75, 3.05) is 30.3 Å². The predicted octanol–water partition coefficient (Wildman–Crippen LogP) is 2.54. The Bertz CT molecular complexity index is 939. The van der Waals surface area contributed by atoms with E-state index in [2.05, 4.69) is 16.0 Å². The lowest BCUT2D eigenvalue weighted by Crippen LogP contribution is -2.38. The van der Waals surface area contributed by atoms with Crippen LogP contribution in [0.5, 0.6) is 0 Å². The Kier molecular flexibility index (Phi) is 10.0. The van der Waals surface area contributed by atoms with Gasteiger partial charge in [0.15, 0.2) is 0 Å². The summed E-state index contributed by atoms with van der Waals surface area (Å²) in [5.41, 5.74) is 1.55. The molecule has 1 aliphatic heterocycles. The number of amides is 3. The van der Waals surface area contributed by atoms with Gasteiger partial charge in [-0.25, -0.2) is 0 Å². The number of hydrogen-bond acceptors (Lipinski definition) is 7. The van der Waals surface area contributed by atoms with E-state index in [1.165, 1.54) is 11.8 Å². The van der Waals surface area contributed by atoms with Gasteiger partial charge in [0.2, 0.25) is 17.7 Å². The zero-order chi connectivity index (χ0) is 24.4. The van der Waals surface area contributed by atoms with Crippen LogP contribution in [0.15, 0.2) is 24.3 Å². The first kappa shape index (κ1) is 26.0. The summed E-state index contributed by atoms with van der Waals surface area (Å²) < 4.78 is 0. The highest BCUT2D eigenvalue weighted by molar-refractivity contribution is 8.01. The molecular weight excluding hydrogens is 440 g/mol. The van der Waals surface area contributed by atoms with Gasteiger partial charge < -0.3 is 20.9 Å². The van der Waals surface area contributed by atoms with Gasteiger partial charge in [-0.15, -0.1) is 11.8 Å². The number of carbonyl (C=O) groups excluding carboxylic acids is 3. The normalized spacial score (nSPS) is 18.4. The third-order valence-electron chi connectivity index (χ3n) is 5.21. The monoisotopic (exact) mass is 470 g/mol. The molecule has 0 radical (unpaired) electrons. The molecule has 3 atom stereocenters.